The summed E-state index contributed by atoms with van der Waals surface area (Å²) in [5.74, 6) is -1.29. The van der Waals surface area contributed by atoms with Crippen LogP contribution < -0.4 is 4.74 Å². The zero-order valence-electron chi connectivity index (χ0n) is 20.0. The average molecular weight is 513 g/mol. The van der Waals surface area contributed by atoms with E-state index < -0.39 is 23.6 Å². The van der Waals surface area contributed by atoms with E-state index in [1.54, 1.807) is 49.6 Å². The van der Waals surface area contributed by atoms with Crippen molar-refractivity contribution in [2.45, 2.75) is 46.3 Å². The molecular formula is C26H25ClN2O5S. The lowest BCUT2D eigenvalue weighted by atomic mass is 10.1. The van der Waals surface area contributed by atoms with Crippen molar-refractivity contribution in [1.29, 1.82) is 0 Å². The Labute approximate surface area is 211 Å². The fraction of sp³-hybridized carbons (Fsp3) is 0.269. The maximum absolute atomic E-state index is 13.1. The van der Waals surface area contributed by atoms with Crippen molar-refractivity contribution >= 4 is 40.5 Å². The predicted octanol–water partition coefficient (Wildman–Crippen LogP) is 6.82. The van der Waals surface area contributed by atoms with Gasteiger partial charge in [0.1, 0.15) is 28.8 Å². The van der Waals surface area contributed by atoms with Crippen molar-refractivity contribution < 1.29 is 24.2 Å². The smallest absolute Gasteiger partial charge is 0.352 e. The number of pyridine rings is 1. The number of benzene rings is 1. The van der Waals surface area contributed by atoms with Gasteiger partial charge in [0.05, 0.1) is 16.8 Å². The Hall–Kier alpha value is -3.36. The molecule has 182 valence electrons. The Bertz CT molecular complexity index is 1430. The van der Waals surface area contributed by atoms with Crippen LogP contribution in [0.3, 0.4) is 0 Å². The summed E-state index contributed by atoms with van der Waals surface area (Å²) in [6.45, 7) is 9.08. The highest BCUT2D eigenvalue weighted by Gasteiger charge is 2.27. The number of aryl methyl sites for hydroxylation is 1. The van der Waals surface area contributed by atoms with Crippen LogP contribution in [0.4, 0.5) is 0 Å². The number of carboxylic acids is 1. The number of imidazole rings is 1. The first-order chi connectivity index (χ1) is 16.5. The Balaban J connectivity index is 1.84. The molecule has 0 amide bonds. The summed E-state index contributed by atoms with van der Waals surface area (Å²) in [6.07, 6.45) is 1.15. The summed E-state index contributed by atoms with van der Waals surface area (Å²) in [4.78, 5) is 30.4. The number of carbonyl (C=O) groups is 2. The quantitative estimate of drug-likeness (QED) is 0.285. The van der Waals surface area contributed by atoms with Crippen molar-refractivity contribution in [3.63, 3.8) is 0 Å². The zero-order valence-corrected chi connectivity index (χ0v) is 21.5. The molecule has 4 aromatic rings. The topological polar surface area (TPSA) is 90.1 Å². The number of halogens is 1. The van der Waals surface area contributed by atoms with Crippen LogP contribution in [0.15, 0.2) is 48.7 Å². The summed E-state index contributed by atoms with van der Waals surface area (Å²) in [5, 5.41) is 10.3. The number of esters is 1. The number of nitrogens with zero attached hydrogens (tertiary/aromatic N) is 2. The Morgan fingerprint density at radius 3 is 2.54 bits per heavy atom. The van der Waals surface area contributed by atoms with Crippen molar-refractivity contribution in [2.75, 3.05) is 0 Å². The number of rotatable bonds is 6. The van der Waals surface area contributed by atoms with E-state index in [1.807, 2.05) is 32.0 Å². The van der Waals surface area contributed by atoms with Gasteiger partial charge in [0, 0.05) is 16.7 Å². The fourth-order valence-electron chi connectivity index (χ4n) is 3.68. The number of hydrogen-bond donors (Lipinski definition) is 1. The van der Waals surface area contributed by atoms with Crippen LogP contribution in [-0.4, -0.2) is 32.0 Å². The molecule has 1 atom stereocenters. The summed E-state index contributed by atoms with van der Waals surface area (Å²) in [5.41, 5.74) is 2.03. The SMILES string of the molecule is Cc1ccc(C(=O)O)n2c(-c3cc(OC(C)c4ccccc4Cl)c(C(=O)OC(C)(C)C)s3)cnc12. The van der Waals surface area contributed by atoms with Crippen molar-refractivity contribution in [3.05, 3.63) is 75.4 Å². The molecule has 9 heteroatoms. The van der Waals surface area contributed by atoms with Crippen LogP contribution in [0.25, 0.3) is 16.2 Å². The van der Waals surface area contributed by atoms with E-state index in [0.29, 0.717) is 27.0 Å². The average Bonchev–Trinajstić information content (AvgIpc) is 3.38. The van der Waals surface area contributed by atoms with Gasteiger partial charge >= 0.3 is 11.9 Å². The predicted molar refractivity (Wildman–Crippen MR) is 136 cm³/mol. The Kier molecular flexibility index (Phi) is 6.62. The molecule has 0 aliphatic carbocycles. The van der Waals surface area contributed by atoms with Crippen LogP contribution in [-0.2, 0) is 4.74 Å². The maximum Gasteiger partial charge on any atom is 0.352 e. The second kappa shape index (κ2) is 9.36. The minimum absolute atomic E-state index is 0.0669. The molecule has 0 saturated heterocycles. The number of aromatic carboxylic acids is 1. The highest BCUT2D eigenvalue weighted by molar-refractivity contribution is 7.17. The minimum atomic E-state index is -1.08. The van der Waals surface area contributed by atoms with Gasteiger partial charge in [0.15, 0.2) is 4.88 Å². The van der Waals surface area contributed by atoms with Gasteiger partial charge in [-0.05, 0) is 52.3 Å². The highest BCUT2D eigenvalue weighted by Crippen LogP contribution is 2.40. The van der Waals surface area contributed by atoms with Gasteiger partial charge in [-0.2, -0.15) is 0 Å². The molecular weight excluding hydrogens is 488 g/mol. The standard InChI is InChI=1S/C26H25ClN2O5S/c1-14-10-11-18(24(30)31)29-19(13-28-23(14)29)21-12-20(22(35-21)25(32)34-26(3,4)5)33-15(2)16-8-6-7-9-17(16)27/h6-13,15H,1-5H3,(H,30,31). The summed E-state index contributed by atoms with van der Waals surface area (Å²) < 4.78 is 13.4. The molecule has 3 aromatic heterocycles. The van der Waals surface area contributed by atoms with Crippen LogP contribution in [0.5, 0.6) is 5.75 Å². The van der Waals surface area contributed by atoms with Crippen molar-refractivity contribution in [2.24, 2.45) is 0 Å². The van der Waals surface area contributed by atoms with E-state index in [-0.39, 0.29) is 10.6 Å². The monoisotopic (exact) mass is 512 g/mol. The fourth-order valence-corrected chi connectivity index (χ4v) is 4.94. The molecule has 35 heavy (non-hydrogen) atoms. The van der Waals surface area contributed by atoms with Gasteiger partial charge in [-0.1, -0.05) is 35.9 Å². The zero-order chi connectivity index (χ0) is 25.5. The first-order valence-corrected chi connectivity index (χ1v) is 12.1. The number of ether oxygens (including phenoxy) is 2. The molecule has 3 heterocycles. The molecule has 7 nitrogen and oxygen atoms in total. The largest absolute Gasteiger partial charge is 0.484 e. The van der Waals surface area contributed by atoms with Crippen molar-refractivity contribution in [3.8, 4) is 16.3 Å². The molecule has 1 unspecified atom stereocenters. The summed E-state index contributed by atoms with van der Waals surface area (Å²) >= 11 is 7.51. The van der Waals surface area contributed by atoms with Crippen LogP contribution in [0.2, 0.25) is 5.02 Å². The second-order valence-corrected chi connectivity index (χ2v) is 10.6. The van der Waals surface area contributed by atoms with E-state index in [1.165, 1.54) is 6.07 Å². The molecule has 1 N–H and O–H groups in total. The molecule has 1 aromatic carbocycles. The van der Waals surface area contributed by atoms with Crippen molar-refractivity contribution in [1.82, 2.24) is 9.38 Å². The third-order valence-corrected chi connectivity index (χ3v) is 6.71. The second-order valence-electron chi connectivity index (χ2n) is 9.10. The lowest BCUT2D eigenvalue weighted by molar-refractivity contribution is 0.00704. The third kappa shape index (κ3) is 5.04. The van der Waals surface area contributed by atoms with Gasteiger partial charge in [0.2, 0.25) is 0 Å². The first-order valence-electron chi connectivity index (χ1n) is 10.9. The molecule has 0 aliphatic heterocycles. The lowest BCUT2D eigenvalue weighted by Crippen LogP contribution is -2.23. The number of thiophene rings is 1. The van der Waals surface area contributed by atoms with Crippen LogP contribution in [0.1, 0.15) is 65.1 Å². The normalized spacial score (nSPS) is 12.5. The van der Waals surface area contributed by atoms with Gasteiger partial charge in [-0.3, -0.25) is 4.40 Å². The van der Waals surface area contributed by atoms with E-state index in [2.05, 4.69) is 4.98 Å². The number of carbonyl (C=O) groups excluding carboxylic acids is 1. The number of hydrogen-bond acceptors (Lipinski definition) is 6. The lowest BCUT2D eigenvalue weighted by Gasteiger charge is -2.20. The Morgan fingerprint density at radius 1 is 1.17 bits per heavy atom. The van der Waals surface area contributed by atoms with E-state index >= 15 is 0 Å². The Morgan fingerprint density at radius 2 is 1.89 bits per heavy atom. The summed E-state index contributed by atoms with van der Waals surface area (Å²) in [7, 11) is 0. The van der Waals surface area contributed by atoms with E-state index in [0.717, 1.165) is 22.5 Å². The van der Waals surface area contributed by atoms with E-state index in [4.69, 9.17) is 21.1 Å². The van der Waals surface area contributed by atoms with E-state index in [9.17, 15) is 14.7 Å². The minimum Gasteiger partial charge on any atom is -0.484 e. The molecule has 0 radical (unpaired) electrons. The van der Waals surface area contributed by atoms with Crippen LogP contribution in [0, 0.1) is 6.92 Å². The van der Waals surface area contributed by atoms with Crippen LogP contribution >= 0.6 is 22.9 Å². The maximum atomic E-state index is 13.1. The number of fused-ring (bicyclic) bond motifs is 1. The third-order valence-electron chi connectivity index (χ3n) is 5.25. The van der Waals surface area contributed by atoms with Gasteiger partial charge < -0.3 is 14.6 Å². The number of aromatic nitrogens is 2. The molecule has 0 fully saturated rings. The van der Waals surface area contributed by atoms with Gasteiger partial charge in [-0.15, -0.1) is 11.3 Å². The molecule has 0 bridgehead atoms. The number of carboxylic acid groups (broad SMARTS) is 1. The highest BCUT2D eigenvalue weighted by atomic mass is 35.5. The molecule has 4 rings (SSSR count). The first kappa shape index (κ1) is 24.8. The molecule has 0 aliphatic rings. The molecule has 0 saturated carbocycles. The van der Waals surface area contributed by atoms with Gasteiger partial charge in [-0.25, -0.2) is 14.6 Å². The van der Waals surface area contributed by atoms with Gasteiger partial charge in [0.25, 0.3) is 0 Å². The molecule has 0 spiro atoms. The summed E-state index contributed by atoms with van der Waals surface area (Å²) in [6, 6.07) is 12.3.